The standard InChI is InChI=1S/C14H11BrN2O2/c15-12-8-4-5-9-13(12)17(14(18)10-16-19)11-6-2-1-3-7-11/h1-10,19H. The fourth-order valence-corrected chi connectivity index (χ4v) is 2.16. The number of oxime groups is 1. The van der Waals surface area contributed by atoms with E-state index >= 15 is 0 Å². The minimum absolute atomic E-state index is 0.430. The number of halogens is 1. The molecule has 0 saturated heterocycles. The lowest BCUT2D eigenvalue weighted by Crippen LogP contribution is -2.27. The maximum atomic E-state index is 12.1. The van der Waals surface area contributed by atoms with E-state index in [1.165, 1.54) is 4.90 Å². The van der Waals surface area contributed by atoms with Crippen molar-refractivity contribution in [3.63, 3.8) is 0 Å². The summed E-state index contributed by atoms with van der Waals surface area (Å²) in [6.07, 6.45) is 0.867. The fourth-order valence-electron chi connectivity index (χ4n) is 1.70. The van der Waals surface area contributed by atoms with E-state index < -0.39 is 5.91 Å². The average molecular weight is 319 g/mol. The van der Waals surface area contributed by atoms with Gasteiger partial charge in [-0.3, -0.25) is 9.69 Å². The summed E-state index contributed by atoms with van der Waals surface area (Å²) in [5, 5.41) is 11.4. The summed E-state index contributed by atoms with van der Waals surface area (Å²) in [7, 11) is 0. The molecule has 1 amide bonds. The SMILES string of the molecule is O=C(C=NO)N(c1ccccc1)c1ccccc1Br. The summed E-state index contributed by atoms with van der Waals surface area (Å²) >= 11 is 3.41. The van der Waals surface area contributed by atoms with Crippen LogP contribution < -0.4 is 4.90 Å². The lowest BCUT2D eigenvalue weighted by atomic mass is 10.2. The molecule has 0 aromatic heterocycles. The van der Waals surface area contributed by atoms with Crippen molar-refractivity contribution in [1.29, 1.82) is 0 Å². The lowest BCUT2D eigenvalue weighted by molar-refractivity contribution is -0.111. The number of hydrogen-bond donors (Lipinski definition) is 1. The smallest absolute Gasteiger partial charge is 0.277 e. The predicted octanol–water partition coefficient (Wildman–Crippen LogP) is 3.57. The van der Waals surface area contributed by atoms with Crippen LogP contribution in [0.4, 0.5) is 11.4 Å². The van der Waals surface area contributed by atoms with Gasteiger partial charge in [-0.15, -0.1) is 0 Å². The van der Waals surface area contributed by atoms with Crippen LogP contribution in [0.3, 0.4) is 0 Å². The van der Waals surface area contributed by atoms with Crippen molar-refractivity contribution in [2.45, 2.75) is 0 Å². The molecule has 0 radical (unpaired) electrons. The van der Waals surface area contributed by atoms with Crippen LogP contribution in [0.15, 0.2) is 64.2 Å². The Hall–Kier alpha value is -2.14. The van der Waals surface area contributed by atoms with Crippen LogP contribution in [-0.4, -0.2) is 17.3 Å². The maximum Gasteiger partial charge on any atom is 0.277 e. The van der Waals surface area contributed by atoms with Gasteiger partial charge in [0.2, 0.25) is 0 Å². The van der Waals surface area contributed by atoms with Crippen LogP contribution in [0.5, 0.6) is 0 Å². The first kappa shape index (κ1) is 13.3. The number of benzene rings is 2. The number of amides is 1. The molecule has 0 saturated carbocycles. The molecule has 0 spiro atoms. The Morgan fingerprint density at radius 2 is 1.74 bits per heavy atom. The first-order valence-corrected chi connectivity index (χ1v) is 6.34. The van der Waals surface area contributed by atoms with Gasteiger partial charge in [-0.2, -0.15) is 0 Å². The number of carbonyl (C=O) groups is 1. The van der Waals surface area contributed by atoms with Crippen LogP contribution in [0.25, 0.3) is 0 Å². The van der Waals surface area contributed by atoms with Crippen molar-refractivity contribution in [1.82, 2.24) is 0 Å². The molecule has 4 nitrogen and oxygen atoms in total. The first-order chi connectivity index (χ1) is 9.24. The molecule has 2 aromatic carbocycles. The molecule has 19 heavy (non-hydrogen) atoms. The van der Waals surface area contributed by atoms with Crippen molar-refractivity contribution >= 4 is 39.4 Å². The van der Waals surface area contributed by atoms with E-state index in [0.717, 1.165) is 10.7 Å². The van der Waals surface area contributed by atoms with E-state index in [1.54, 1.807) is 6.07 Å². The van der Waals surface area contributed by atoms with E-state index in [2.05, 4.69) is 21.1 Å². The topological polar surface area (TPSA) is 52.9 Å². The molecule has 0 bridgehead atoms. The van der Waals surface area contributed by atoms with Crippen LogP contribution in [-0.2, 0) is 4.79 Å². The van der Waals surface area contributed by atoms with Gasteiger partial charge >= 0.3 is 0 Å². The highest BCUT2D eigenvalue weighted by Gasteiger charge is 2.18. The second-order valence-corrected chi connectivity index (χ2v) is 4.56. The van der Waals surface area contributed by atoms with E-state index in [4.69, 9.17) is 5.21 Å². The molecular weight excluding hydrogens is 308 g/mol. The van der Waals surface area contributed by atoms with Crippen molar-refractivity contribution in [2.75, 3.05) is 4.90 Å². The Morgan fingerprint density at radius 3 is 2.37 bits per heavy atom. The Labute approximate surface area is 119 Å². The lowest BCUT2D eigenvalue weighted by Gasteiger charge is -2.22. The molecule has 5 heteroatoms. The molecular formula is C14H11BrN2O2. The van der Waals surface area contributed by atoms with Crippen LogP contribution in [0.1, 0.15) is 0 Å². The van der Waals surface area contributed by atoms with Gasteiger partial charge in [-0.05, 0) is 40.2 Å². The van der Waals surface area contributed by atoms with Crippen molar-refractivity contribution < 1.29 is 10.0 Å². The zero-order valence-corrected chi connectivity index (χ0v) is 11.5. The van der Waals surface area contributed by atoms with Gasteiger partial charge in [0.1, 0.15) is 6.21 Å². The summed E-state index contributed by atoms with van der Waals surface area (Å²) in [6.45, 7) is 0. The molecule has 0 aliphatic carbocycles. The van der Waals surface area contributed by atoms with Gasteiger partial charge in [-0.25, -0.2) is 0 Å². The summed E-state index contributed by atoms with van der Waals surface area (Å²) in [5.74, 6) is -0.430. The third kappa shape index (κ3) is 3.00. The highest BCUT2D eigenvalue weighted by atomic mass is 79.9. The molecule has 0 unspecified atom stereocenters. The zero-order chi connectivity index (χ0) is 13.7. The Kier molecular flexibility index (Phi) is 4.30. The van der Waals surface area contributed by atoms with Gasteiger partial charge in [-0.1, -0.05) is 35.5 Å². The highest BCUT2D eigenvalue weighted by molar-refractivity contribution is 9.10. The largest absolute Gasteiger partial charge is 0.411 e. The maximum absolute atomic E-state index is 12.1. The van der Waals surface area contributed by atoms with Gasteiger partial charge in [0.05, 0.1) is 5.69 Å². The van der Waals surface area contributed by atoms with E-state index in [1.807, 2.05) is 48.5 Å². The molecule has 96 valence electrons. The summed E-state index contributed by atoms with van der Waals surface area (Å²) in [5.41, 5.74) is 1.37. The highest BCUT2D eigenvalue weighted by Crippen LogP contribution is 2.31. The molecule has 0 atom stereocenters. The molecule has 1 N–H and O–H groups in total. The second-order valence-electron chi connectivity index (χ2n) is 3.71. The number of rotatable bonds is 3. The van der Waals surface area contributed by atoms with E-state index in [-0.39, 0.29) is 0 Å². The normalized spacial score (nSPS) is 10.6. The minimum Gasteiger partial charge on any atom is -0.411 e. The predicted molar refractivity (Wildman–Crippen MR) is 78.0 cm³/mol. The molecule has 0 aliphatic heterocycles. The monoisotopic (exact) mass is 318 g/mol. The van der Waals surface area contributed by atoms with Gasteiger partial charge in [0, 0.05) is 10.2 Å². The minimum atomic E-state index is -0.430. The van der Waals surface area contributed by atoms with Gasteiger partial charge < -0.3 is 5.21 Å². The van der Waals surface area contributed by atoms with Crippen LogP contribution in [0, 0.1) is 0 Å². The third-order valence-electron chi connectivity index (χ3n) is 2.50. The molecule has 0 aliphatic rings. The van der Waals surface area contributed by atoms with Gasteiger partial charge in [0.15, 0.2) is 0 Å². The van der Waals surface area contributed by atoms with Crippen molar-refractivity contribution in [3.05, 3.63) is 59.1 Å². The molecule has 0 fully saturated rings. The van der Waals surface area contributed by atoms with Crippen LogP contribution in [0.2, 0.25) is 0 Å². The van der Waals surface area contributed by atoms with E-state index in [0.29, 0.717) is 11.4 Å². The van der Waals surface area contributed by atoms with Crippen molar-refractivity contribution in [2.24, 2.45) is 5.16 Å². The third-order valence-corrected chi connectivity index (χ3v) is 3.17. The Balaban J connectivity index is 2.53. The number of hydrogen-bond acceptors (Lipinski definition) is 3. The summed E-state index contributed by atoms with van der Waals surface area (Å²) in [4.78, 5) is 13.6. The fraction of sp³-hybridized carbons (Fsp3) is 0. The Bertz CT molecular complexity index is 599. The quantitative estimate of drug-likeness (QED) is 0.534. The number of para-hydroxylation sites is 2. The van der Waals surface area contributed by atoms with E-state index in [9.17, 15) is 4.79 Å². The van der Waals surface area contributed by atoms with Crippen molar-refractivity contribution in [3.8, 4) is 0 Å². The second kappa shape index (κ2) is 6.15. The number of carbonyl (C=O) groups excluding carboxylic acids is 1. The number of nitrogens with zero attached hydrogens (tertiary/aromatic N) is 2. The number of anilines is 2. The molecule has 2 rings (SSSR count). The Morgan fingerprint density at radius 1 is 1.11 bits per heavy atom. The summed E-state index contributed by atoms with van der Waals surface area (Å²) < 4.78 is 0.776. The average Bonchev–Trinajstić information content (AvgIpc) is 2.43. The van der Waals surface area contributed by atoms with Crippen LogP contribution >= 0.6 is 15.9 Å². The first-order valence-electron chi connectivity index (χ1n) is 5.55. The molecule has 2 aromatic rings. The summed E-state index contributed by atoms with van der Waals surface area (Å²) in [6, 6.07) is 16.5. The van der Waals surface area contributed by atoms with Gasteiger partial charge in [0.25, 0.3) is 5.91 Å². The zero-order valence-electron chi connectivity index (χ0n) is 9.90. The molecule has 0 heterocycles.